The summed E-state index contributed by atoms with van der Waals surface area (Å²) < 4.78 is 17.5. The lowest BCUT2D eigenvalue weighted by Crippen LogP contribution is -2.18. The molecule has 0 aromatic carbocycles. The summed E-state index contributed by atoms with van der Waals surface area (Å²) in [5.41, 5.74) is -0.468. The zero-order valence-corrected chi connectivity index (χ0v) is 7.78. The highest BCUT2D eigenvalue weighted by atomic mass is 19.1. The molecule has 0 aromatic rings. The first kappa shape index (κ1) is 10.5. The van der Waals surface area contributed by atoms with E-state index in [0.29, 0.717) is 0 Å². The second-order valence-corrected chi connectivity index (χ2v) is 3.20. The summed E-state index contributed by atoms with van der Waals surface area (Å²) in [7, 11) is 1.58. The van der Waals surface area contributed by atoms with Gasteiger partial charge in [0, 0.05) is 0 Å². The molecule has 0 fully saturated rings. The molecule has 0 saturated heterocycles. The molecular weight excluding hydrogens is 143 g/mol. The number of rotatable bonds is 4. The molecule has 0 aliphatic rings. The van der Waals surface area contributed by atoms with E-state index in [0.717, 1.165) is 12.2 Å². The zero-order chi connectivity index (χ0) is 8.91. The van der Waals surface area contributed by atoms with Gasteiger partial charge in [-0.2, -0.15) is 0 Å². The minimum Gasteiger partial charge on any atom is -0.501 e. The lowest BCUT2D eigenvalue weighted by molar-refractivity contribution is 0.163. The van der Waals surface area contributed by atoms with Gasteiger partial charge in [0.2, 0.25) is 0 Å². The average molecular weight is 160 g/mol. The van der Waals surface area contributed by atoms with Crippen LogP contribution in [0.5, 0.6) is 0 Å². The fourth-order valence-corrected chi connectivity index (χ4v) is 0.887. The summed E-state index contributed by atoms with van der Waals surface area (Å²) in [6.45, 7) is 5.29. The Morgan fingerprint density at radius 2 is 2.09 bits per heavy atom. The maximum absolute atomic E-state index is 12.4. The highest BCUT2D eigenvalue weighted by molar-refractivity contribution is 5.04. The summed E-state index contributed by atoms with van der Waals surface area (Å²) in [5.74, 6) is 0.738. The third kappa shape index (κ3) is 2.91. The van der Waals surface area contributed by atoms with Gasteiger partial charge in [-0.1, -0.05) is 20.8 Å². The van der Waals surface area contributed by atoms with Gasteiger partial charge in [0.1, 0.15) is 6.67 Å². The number of hydrogen-bond acceptors (Lipinski definition) is 1. The number of allylic oxidation sites excluding steroid dienone is 2. The lowest BCUT2D eigenvalue weighted by atomic mass is 9.92. The molecule has 0 radical (unpaired) electrons. The van der Waals surface area contributed by atoms with Crippen LogP contribution in [0.1, 0.15) is 27.2 Å². The van der Waals surface area contributed by atoms with Crippen LogP contribution in [0.4, 0.5) is 4.39 Å². The standard InChI is InChI=1S/C9H17FO/c1-5-6-8(11-4)9(2,3)7-10/h6H,5,7H2,1-4H3/b8-6+. The normalized spacial score (nSPS) is 13.4. The molecule has 0 aromatic heterocycles. The van der Waals surface area contributed by atoms with Gasteiger partial charge in [-0.3, -0.25) is 4.39 Å². The molecule has 66 valence electrons. The van der Waals surface area contributed by atoms with Gasteiger partial charge in [-0.25, -0.2) is 0 Å². The van der Waals surface area contributed by atoms with Crippen molar-refractivity contribution < 1.29 is 9.13 Å². The number of alkyl halides is 1. The maximum atomic E-state index is 12.4. The molecule has 2 heteroatoms. The molecule has 0 bridgehead atoms. The van der Waals surface area contributed by atoms with Crippen LogP contribution < -0.4 is 0 Å². The Balaban J connectivity index is 4.36. The fraction of sp³-hybridized carbons (Fsp3) is 0.778. The van der Waals surface area contributed by atoms with Crippen molar-refractivity contribution in [3.8, 4) is 0 Å². The Morgan fingerprint density at radius 3 is 2.36 bits per heavy atom. The Morgan fingerprint density at radius 1 is 1.55 bits per heavy atom. The number of hydrogen-bond donors (Lipinski definition) is 0. The molecule has 11 heavy (non-hydrogen) atoms. The predicted octanol–water partition coefficient (Wildman–Crippen LogP) is 2.92. The van der Waals surface area contributed by atoms with Crippen LogP contribution in [-0.4, -0.2) is 13.8 Å². The van der Waals surface area contributed by atoms with Gasteiger partial charge in [-0.15, -0.1) is 0 Å². The largest absolute Gasteiger partial charge is 0.501 e. The van der Waals surface area contributed by atoms with Crippen LogP contribution in [0, 0.1) is 5.41 Å². The van der Waals surface area contributed by atoms with E-state index in [1.807, 2.05) is 26.8 Å². The van der Waals surface area contributed by atoms with Crippen LogP contribution in [-0.2, 0) is 4.74 Å². The molecule has 0 saturated carbocycles. The van der Waals surface area contributed by atoms with Crippen LogP contribution in [0.2, 0.25) is 0 Å². The number of methoxy groups -OCH3 is 1. The van der Waals surface area contributed by atoms with Crippen molar-refractivity contribution in [3.05, 3.63) is 11.8 Å². The third-order valence-corrected chi connectivity index (χ3v) is 1.61. The van der Waals surface area contributed by atoms with Crippen LogP contribution in [0.3, 0.4) is 0 Å². The Hall–Kier alpha value is -0.530. The molecule has 0 aliphatic heterocycles. The molecule has 0 rings (SSSR count). The molecule has 1 nitrogen and oxygen atoms in total. The van der Waals surface area contributed by atoms with E-state index >= 15 is 0 Å². The van der Waals surface area contributed by atoms with E-state index in [9.17, 15) is 4.39 Å². The first-order valence-electron chi connectivity index (χ1n) is 3.89. The minimum atomic E-state index is -0.468. The SMILES string of the molecule is CC/C=C(/OC)C(C)(C)CF. The van der Waals surface area contributed by atoms with Gasteiger partial charge in [0.25, 0.3) is 0 Å². The van der Waals surface area contributed by atoms with Gasteiger partial charge < -0.3 is 4.74 Å². The second kappa shape index (κ2) is 4.37. The van der Waals surface area contributed by atoms with Crippen LogP contribution in [0.25, 0.3) is 0 Å². The first-order chi connectivity index (χ1) is 5.08. The fourth-order valence-electron chi connectivity index (χ4n) is 0.887. The topological polar surface area (TPSA) is 9.23 Å². The average Bonchev–Trinajstić information content (AvgIpc) is 2.00. The number of ether oxygens (including phenoxy) is 1. The minimum absolute atomic E-state index is 0.382. The summed E-state index contributed by atoms with van der Waals surface area (Å²) >= 11 is 0. The lowest BCUT2D eigenvalue weighted by Gasteiger charge is -2.22. The van der Waals surface area contributed by atoms with Crippen molar-refractivity contribution in [3.63, 3.8) is 0 Å². The zero-order valence-electron chi connectivity index (χ0n) is 7.78. The third-order valence-electron chi connectivity index (χ3n) is 1.61. The Labute approximate surface area is 68.2 Å². The smallest absolute Gasteiger partial charge is 0.102 e. The van der Waals surface area contributed by atoms with Gasteiger partial charge >= 0.3 is 0 Å². The molecule has 0 spiro atoms. The second-order valence-electron chi connectivity index (χ2n) is 3.20. The predicted molar refractivity (Wildman–Crippen MR) is 45.1 cm³/mol. The first-order valence-corrected chi connectivity index (χ1v) is 3.89. The van der Waals surface area contributed by atoms with Gasteiger partial charge in [0.15, 0.2) is 0 Å². The molecule has 0 N–H and O–H groups in total. The van der Waals surface area contributed by atoms with Crippen molar-refractivity contribution in [2.45, 2.75) is 27.2 Å². The summed E-state index contributed by atoms with van der Waals surface area (Å²) in [5, 5.41) is 0. The van der Waals surface area contributed by atoms with Crippen LogP contribution >= 0.6 is 0 Å². The monoisotopic (exact) mass is 160 g/mol. The Kier molecular flexibility index (Phi) is 4.16. The van der Waals surface area contributed by atoms with Crippen molar-refractivity contribution >= 4 is 0 Å². The Bertz CT molecular complexity index is 138. The molecular formula is C9H17FO. The van der Waals surface area contributed by atoms with Gasteiger partial charge in [0.05, 0.1) is 18.3 Å². The summed E-state index contributed by atoms with van der Waals surface area (Å²) in [6, 6.07) is 0. The maximum Gasteiger partial charge on any atom is 0.102 e. The van der Waals surface area contributed by atoms with E-state index in [1.54, 1.807) is 7.11 Å². The van der Waals surface area contributed by atoms with E-state index in [-0.39, 0.29) is 6.67 Å². The van der Waals surface area contributed by atoms with Crippen molar-refractivity contribution in [2.75, 3.05) is 13.8 Å². The highest BCUT2D eigenvalue weighted by Gasteiger charge is 2.23. The van der Waals surface area contributed by atoms with Crippen molar-refractivity contribution in [2.24, 2.45) is 5.41 Å². The number of halogens is 1. The summed E-state index contributed by atoms with van der Waals surface area (Å²) in [6.07, 6.45) is 2.80. The summed E-state index contributed by atoms with van der Waals surface area (Å²) in [4.78, 5) is 0. The van der Waals surface area contributed by atoms with E-state index in [1.165, 1.54) is 0 Å². The van der Waals surface area contributed by atoms with Crippen LogP contribution in [0.15, 0.2) is 11.8 Å². The molecule has 0 atom stereocenters. The quantitative estimate of drug-likeness (QED) is 0.574. The van der Waals surface area contributed by atoms with Crippen molar-refractivity contribution in [1.82, 2.24) is 0 Å². The molecule has 0 heterocycles. The molecule has 0 amide bonds. The molecule has 0 aliphatic carbocycles. The van der Waals surface area contributed by atoms with E-state index in [2.05, 4.69) is 0 Å². The highest BCUT2D eigenvalue weighted by Crippen LogP contribution is 2.27. The van der Waals surface area contributed by atoms with Gasteiger partial charge in [-0.05, 0) is 12.5 Å². The van der Waals surface area contributed by atoms with E-state index < -0.39 is 5.41 Å². The van der Waals surface area contributed by atoms with E-state index in [4.69, 9.17) is 4.74 Å². The van der Waals surface area contributed by atoms with Crippen molar-refractivity contribution in [1.29, 1.82) is 0 Å². The molecule has 0 unspecified atom stereocenters.